The Morgan fingerprint density at radius 3 is 1.97 bits per heavy atom. The number of halogens is 1. The Hall–Kier alpha value is -3.85. The minimum Gasteiger partial charge on any atom is -0.507 e. The third-order valence-electron chi connectivity index (χ3n) is 4.74. The first kappa shape index (κ1) is 21.4. The number of para-hydroxylation sites is 1. The van der Waals surface area contributed by atoms with Gasteiger partial charge in [-0.25, -0.2) is 0 Å². The summed E-state index contributed by atoms with van der Waals surface area (Å²) in [6.07, 6.45) is 5.70. The molecular weight excluding hydrogens is 432 g/mol. The van der Waals surface area contributed by atoms with Crippen LogP contribution in [0.4, 0.5) is 11.6 Å². The molecule has 0 fully saturated rings. The molecule has 3 aromatic rings. The second kappa shape index (κ2) is 9.52. The third-order valence-corrected chi connectivity index (χ3v) is 4.92. The van der Waals surface area contributed by atoms with Gasteiger partial charge < -0.3 is 26.0 Å². The lowest BCUT2D eigenvalue weighted by Crippen LogP contribution is -2.01. The van der Waals surface area contributed by atoms with Gasteiger partial charge >= 0.3 is 0 Å². The van der Waals surface area contributed by atoms with Crippen LogP contribution in [0.1, 0.15) is 24.0 Å². The zero-order valence-electron chi connectivity index (χ0n) is 17.0. The van der Waals surface area contributed by atoms with Crippen LogP contribution >= 0.6 is 11.6 Å². The SMILES string of the molecule is Nc1nnc(-c2ccccc2O)cc1C1=CCCO1.Nc1nnc(Cl)cc1C1=CCCO1. The zero-order chi connectivity index (χ0) is 22.5. The molecule has 0 unspecified atom stereocenters. The van der Waals surface area contributed by atoms with E-state index in [0.29, 0.717) is 46.8 Å². The summed E-state index contributed by atoms with van der Waals surface area (Å²) >= 11 is 5.68. The molecule has 164 valence electrons. The Balaban J connectivity index is 0.000000165. The van der Waals surface area contributed by atoms with E-state index in [4.69, 9.17) is 32.5 Å². The smallest absolute Gasteiger partial charge is 0.157 e. The first-order valence-corrected chi connectivity index (χ1v) is 10.3. The summed E-state index contributed by atoms with van der Waals surface area (Å²) in [6, 6.07) is 10.4. The average molecular weight is 453 g/mol. The Morgan fingerprint density at radius 2 is 1.38 bits per heavy atom. The first-order chi connectivity index (χ1) is 15.5. The van der Waals surface area contributed by atoms with E-state index in [9.17, 15) is 5.11 Å². The minimum absolute atomic E-state index is 0.161. The minimum atomic E-state index is 0.161. The molecule has 0 saturated carbocycles. The summed E-state index contributed by atoms with van der Waals surface area (Å²) in [4.78, 5) is 0. The molecule has 0 amide bonds. The number of aromatic nitrogens is 4. The number of aromatic hydroxyl groups is 1. The maximum Gasteiger partial charge on any atom is 0.157 e. The Kier molecular flexibility index (Phi) is 6.37. The Morgan fingerprint density at radius 1 is 0.781 bits per heavy atom. The summed E-state index contributed by atoms with van der Waals surface area (Å²) in [5.41, 5.74) is 14.1. The highest BCUT2D eigenvalue weighted by Crippen LogP contribution is 2.32. The van der Waals surface area contributed by atoms with Crippen molar-refractivity contribution in [2.75, 3.05) is 24.7 Å². The van der Waals surface area contributed by atoms with Crippen LogP contribution in [0.5, 0.6) is 5.75 Å². The van der Waals surface area contributed by atoms with Crippen LogP contribution < -0.4 is 11.5 Å². The summed E-state index contributed by atoms with van der Waals surface area (Å²) in [5.74, 6) is 2.30. The van der Waals surface area contributed by atoms with E-state index in [2.05, 4.69) is 20.4 Å². The van der Waals surface area contributed by atoms with Crippen LogP contribution in [0, 0.1) is 0 Å². The highest BCUT2D eigenvalue weighted by Gasteiger charge is 2.16. The molecule has 9 nitrogen and oxygen atoms in total. The molecule has 10 heteroatoms. The number of benzene rings is 1. The van der Waals surface area contributed by atoms with E-state index < -0.39 is 0 Å². The van der Waals surface area contributed by atoms with Crippen molar-refractivity contribution in [3.8, 4) is 17.0 Å². The predicted molar refractivity (Wildman–Crippen MR) is 122 cm³/mol. The molecule has 5 rings (SSSR count). The van der Waals surface area contributed by atoms with Gasteiger partial charge in [0.15, 0.2) is 16.8 Å². The lowest BCUT2D eigenvalue weighted by molar-refractivity contribution is 0.307. The molecule has 5 N–H and O–H groups in total. The zero-order valence-corrected chi connectivity index (χ0v) is 17.8. The largest absolute Gasteiger partial charge is 0.507 e. The summed E-state index contributed by atoms with van der Waals surface area (Å²) in [7, 11) is 0. The number of ether oxygens (including phenoxy) is 2. The highest BCUT2D eigenvalue weighted by atomic mass is 35.5. The Labute approximate surface area is 189 Å². The molecule has 2 aliphatic rings. The Bertz CT molecular complexity index is 1200. The van der Waals surface area contributed by atoms with Crippen molar-refractivity contribution >= 4 is 34.8 Å². The number of phenols is 1. The van der Waals surface area contributed by atoms with Gasteiger partial charge in [0.05, 0.1) is 30.0 Å². The number of anilines is 2. The van der Waals surface area contributed by atoms with Gasteiger partial charge in [0.1, 0.15) is 17.3 Å². The van der Waals surface area contributed by atoms with Crippen LogP contribution in [-0.2, 0) is 9.47 Å². The fourth-order valence-corrected chi connectivity index (χ4v) is 3.35. The molecule has 1 aromatic carbocycles. The van der Waals surface area contributed by atoms with Crippen LogP contribution in [0.15, 0.2) is 48.6 Å². The number of phenolic OH excluding ortho intramolecular Hbond substituents is 1. The van der Waals surface area contributed by atoms with Crippen molar-refractivity contribution in [3.05, 3.63) is 64.8 Å². The summed E-state index contributed by atoms with van der Waals surface area (Å²) in [5, 5.41) is 25.4. The fraction of sp³-hybridized carbons (Fsp3) is 0.182. The average Bonchev–Trinajstić information content (AvgIpc) is 3.51. The standard InChI is InChI=1S/C14H13N3O2.C8H8ClN3O/c15-14-10(13-6-3-7-19-13)8-11(16-17-14)9-4-1-2-5-12(9)18;9-7-4-5(8(10)12-11-7)6-2-1-3-13-6/h1-2,4-6,8,18H,3,7H2,(H2,15,17);2,4H,1,3H2,(H2,10,12). The second-order valence-electron chi connectivity index (χ2n) is 6.92. The summed E-state index contributed by atoms with van der Waals surface area (Å²) < 4.78 is 10.8. The van der Waals surface area contributed by atoms with Gasteiger partial charge in [0.2, 0.25) is 0 Å². The fourth-order valence-electron chi connectivity index (χ4n) is 3.21. The van der Waals surface area contributed by atoms with Crippen LogP contribution in [0.25, 0.3) is 22.8 Å². The number of nitrogen functional groups attached to an aromatic ring is 2. The lowest BCUT2D eigenvalue weighted by atomic mass is 10.1. The van der Waals surface area contributed by atoms with Gasteiger partial charge in [0.25, 0.3) is 0 Å². The van der Waals surface area contributed by atoms with Crippen molar-refractivity contribution in [2.45, 2.75) is 12.8 Å². The maximum atomic E-state index is 9.84. The normalized spacial score (nSPS) is 14.5. The molecule has 0 spiro atoms. The second-order valence-corrected chi connectivity index (χ2v) is 7.31. The van der Waals surface area contributed by atoms with Crippen LogP contribution in [0.3, 0.4) is 0 Å². The molecule has 2 aliphatic heterocycles. The van der Waals surface area contributed by atoms with Gasteiger partial charge in [-0.15, -0.1) is 20.4 Å². The number of hydrogen-bond donors (Lipinski definition) is 3. The van der Waals surface area contributed by atoms with Gasteiger partial charge in [-0.2, -0.15) is 0 Å². The lowest BCUT2D eigenvalue weighted by Gasteiger charge is -2.09. The van der Waals surface area contributed by atoms with Gasteiger partial charge in [-0.1, -0.05) is 23.7 Å². The molecule has 2 aromatic heterocycles. The molecule has 0 aliphatic carbocycles. The van der Waals surface area contributed by atoms with Crippen molar-refractivity contribution < 1.29 is 14.6 Å². The number of nitrogens with zero attached hydrogens (tertiary/aromatic N) is 4. The molecule has 0 radical (unpaired) electrons. The monoisotopic (exact) mass is 452 g/mol. The quantitative estimate of drug-likeness (QED) is 0.542. The van der Waals surface area contributed by atoms with E-state index in [1.165, 1.54) is 0 Å². The van der Waals surface area contributed by atoms with Crippen molar-refractivity contribution in [3.63, 3.8) is 0 Å². The number of nitrogens with two attached hydrogens (primary N) is 2. The third kappa shape index (κ3) is 4.73. The van der Waals surface area contributed by atoms with E-state index in [-0.39, 0.29) is 5.75 Å². The van der Waals surface area contributed by atoms with E-state index in [0.717, 1.165) is 29.9 Å². The van der Waals surface area contributed by atoms with Gasteiger partial charge in [-0.3, -0.25) is 0 Å². The molecule has 0 atom stereocenters. The van der Waals surface area contributed by atoms with E-state index in [1.807, 2.05) is 18.2 Å². The molecule has 32 heavy (non-hydrogen) atoms. The van der Waals surface area contributed by atoms with Crippen LogP contribution in [0.2, 0.25) is 5.15 Å². The number of hydrogen-bond acceptors (Lipinski definition) is 9. The van der Waals surface area contributed by atoms with Crippen molar-refractivity contribution in [1.29, 1.82) is 0 Å². The van der Waals surface area contributed by atoms with E-state index in [1.54, 1.807) is 30.3 Å². The first-order valence-electron chi connectivity index (χ1n) is 9.90. The maximum absolute atomic E-state index is 9.84. The molecule has 0 saturated heterocycles. The number of rotatable bonds is 3. The van der Waals surface area contributed by atoms with Crippen molar-refractivity contribution in [2.24, 2.45) is 0 Å². The topological polar surface area (TPSA) is 142 Å². The molecule has 4 heterocycles. The highest BCUT2D eigenvalue weighted by molar-refractivity contribution is 6.29. The van der Waals surface area contributed by atoms with Gasteiger partial charge in [-0.05, 0) is 36.4 Å². The predicted octanol–water partition coefficient (Wildman–Crippen LogP) is 3.67. The molecular formula is C22H21ClN6O3. The van der Waals surface area contributed by atoms with E-state index >= 15 is 0 Å². The van der Waals surface area contributed by atoms with Crippen molar-refractivity contribution in [1.82, 2.24) is 20.4 Å². The summed E-state index contributed by atoms with van der Waals surface area (Å²) in [6.45, 7) is 1.34. The van der Waals surface area contributed by atoms with Crippen LogP contribution in [-0.4, -0.2) is 38.7 Å². The van der Waals surface area contributed by atoms with Gasteiger partial charge in [0, 0.05) is 18.4 Å². The molecule has 0 bridgehead atoms.